The quantitative estimate of drug-likeness (QED) is 0.138. The monoisotopic (exact) mass is 620 g/mol. The van der Waals surface area contributed by atoms with Gasteiger partial charge < -0.3 is 4.74 Å². The Kier molecular flexibility index (Phi) is 5.45. The van der Waals surface area contributed by atoms with Gasteiger partial charge in [0.25, 0.3) is 0 Å². The van der Waals surface area contributed by atoms with Crippen LogP contribution < -0.4 is 4.74 Å². The van der Waals surface area contributed by atoms with Crippen LogP contribution in [0.25, 0.3) is 98.0 Å². The summed E-state index contributed by atoms with van der Waals surface area (Å²) in [4.78, 5) is 0. The smallest absolute Gasteiger partial charge is 0.135 e. The number of fused-ring (bicyclic) bond motifs is 9. The summed E-state index contributed by atoms with van der Waals surface area (Å²) in [5.41, 5.74) is 7.33. The molecule has 0 radical (unpaired) electrons. The van der Waals surface area contributed by atoms with Gasteiger partial charge in [-0.25, -0.2) is 0 Å². The summed E-state index contributed by atoms with van der Waals surface area (Å²) >= 11 is 0. The molecule has 0 saturated heterocycles. The van der Waals surface area contributed by atoms with E-state index in [0.29, 0.717) is 0 Å². The first-order chi connectivity index (χ1) is 24.3. The Hall–Kier alpha value is -6.44. The van der Waals surface area contributed by atoms with E-state index >= 15 is 0 Å². The van der Waals surface area contributed by atoms with Crippen LogP contribution in [-0.2, 0) is 0 Å². The molecule has 1 heterocycles. The minimum absolute atomic E-state index is 0.898. The van der Waals surface area contributed by atoms with E-state index < -0.39 is 0 Å². The van der Waals surface area contributed by atoms with Gasteiger partial charge in [-0.1, -0.05) is 146 Å². The van der Waals surface area contributed by atoms with Crippen molar-refractivity contribution in [3.63, 3.8) is 0 Å². The zero-order chi connectivity index (χ0) is 32.1. The summed E-state index contributed by atoms with van der Waals surface area (Å²) in [7, 11) is 0. The van der Waals surface area contributed by atoms with Crippen molar-refractivity contribution in [2.75, 3.05) is 0 Å². The molecule has 1 aliphatic heterocycles. The van der Waals surface area contributed by atoms with Crippen molar-refractivity contribution < 1.29 is 4.74 Å². The highest BCUT2D eigenvalue weighted by Crippen LogP contribution is 2.51. The predicted octanol–water partition coefficient (Wildman–Crippen LogP) is 13.7. The van der Waals surface area contributed by atoms with Crippen LogP contribution in [0.2, 0.25) is 0 Å². The van der Waals surface area contributed by atoms with Gasteiger partial charge in [-0.3, -0.25) is 0 Å². The van der Waals surface area contributed by atoms with Crippen molar-refractivity contribution in [2.45, 2.75) is 0 Å². The molecular weight excluding hydrogens is 593 g/mol. The number of hydrogen-bond donors (Lipinski definition) is 0. The fraction of sp³-hybridized carbons (Fsp3) is 0. The van der Waals surface area contributed by atoms with Crippen molar-refractivity contribution in [2.24, 2.45) is 0 Å². The van der Waals surface area contributed by atoms with Crippen LogP contribution in [-0.4, -0.2) is 0 Å². The molecule has 0 saturated carbocycles. The predicted molar refractivity (Wildman–Crippen MR) is 208 cm³/mol. The van der Waals surface area contributed by atoms with Gasteiger partial charge in [-0.2, -0.15) is 0 Å². The summed E-state index contributed by atoms with van der Waals surface area (Å²) in [5, 5.41) is 15.0. The van der Waals surface area contributed by atoms with Gasteiger partial charge in [0.1, 0.15) is 11.5 Å². The molecule has 0 aliphatic carbocycles. The van der Waals surface area contributed by atoms with Gasteiger partial charge in [0, 0.05) is 10.9 Å². The molecule has 0 amide bonds. The molecule has 226 valence electrons. The summed E-state index contributed by atoms with van der Waals surface area (Å²) in [5.74, 6) is 1.82. The first kappa shape index (κ1) is 26.6. The van der Waals surface area contributed by atoms with E-state index in [4.69, 9.17) is 4.74 Å². The first-order valence-corrected chi connectivity index (χ1v) is 16.9. The Morgan fingerprint density at radius 3 is 1.63 bits per heavy atom. The van der Waals surface area contributed by atoms with Gasteiger partial charge >= 0.3 is 0 Å². The van der Waals surface area contributed by atoms with Crippen molar-refractivity contribution in [3.05, 3.63) is 170 Å². The molecule has 0 spiro atoms. The van der Waals surface area contributed by atoms with E-state index in [2.05, 4.69) is 170 Å². The third-order valence-corrected chi connectivity index (χ3v) is 10.6. The van der Waals surface area contributed by atoms with Crippen molar-refractivity contribution in [1.82, 2.24) is 0 Å². The third kappa shape index (κ3) is 3.76. The minimum atomic E-state index is 0.898. The number of hydrogen-bond acceptors (Lipinski definition) is 1. The van der Waals surface area contributed by atoms with Gasteiger partial charge in [0.05, 0.1) is 0 Å². The van der Waals surface area contributed by atoms with E-state index in [1.165, 1.54) is 92.5 Å². The van der Waals surface area contributed by atoms with Crippen LogP contribution in [0.5, 0.6) is 11.5 Å². The molecule has 0 aromatic heterocycles. The number of ether oxygens (including phenoxy) is 1. The molecule has 49 heavy (non-hydrogen) atoms. The first-order valence-electron chi connectivity index (χ1n) is 16.9. The van der Waals surface area contributed by atoms with Gasteiger partial charge in [0.15, 0.2) is 0 Å². The van der Waals surface area contributed by atoms with Crippen molar-refractivity contribution >= 4 is 64.6 Å². The third-order valence-electron chi connectivity index (χ3n) is 10.6. The summed E-state index contributed by atoms with van der Waals surface area (Å²) in [6, 6.07) is 62.2. The second-order valence-electron chi connectivity index (χ2n) is 13.2. The molecule has 0 bridgehead atoms. The normalized spacial score (nSPS) is 12.2. The highest BCUT2D eigenvalue weighted by Gasteiger charge is 2.23. The maximum atomic E-state index is 6.50. The van der Waals surface area contributed by atoms with Crippen LogP contribution in [0.15, 0.2) is 170 Å². The fourth-order valence-corrected chi connectivity index (χ4v) is 8.52. The lowest BCUT2D eigenvalue weighted by Crippen LogP contribution is -1.98. The lowest BCUT2D eigenvalue weighted by Gasteiger charge is -2.23. The Balaban J connectivity index is 1.25. The molecule has 10 aromatic carbocycles. The summed E-state index contributed by atoms with van der Waals surface area (Å²) in [6.45, 7) is 0. The van der Waals surface area contributed by atoms with Crippen LogP contribution in [0.4, 0.5) is 0 Å². The SMILES string of the molecule is c1cc2c3c(cccc3c1)-c1cc(-c3c4ccccc4c(-c4cc5c6ccccc6ccc5c5ccccc45)c4ccccc34)ccc1O2. The molecule has 0 fully saturated rings. The van der Waals surface area contributed by atoms with Crippen molar-refractivity contribution in [1.29, 1.82) is 0 Å². The molecule has 0 N–H and O–H groups in total. The molecule has 10 aromatic rings. The lowest BCUT2D eigenvalue weighted by atomic mass is 9.83. The van der Waals surface area contributed by atoms with Crippen LogP contribution in [0.3, 0.4) is 0 Å². The molecule has 0 unspecified atom stereocenters. The maximum Gasteiger partial charge on any atom is 0.135 e. The standard InChI is InChI=1S/C48H28O/c1-2-14-32-29(11-1)23-25-35-33-15-3-4-16-34(33)43(28-41(32)35)48-38-19-7-5-17-36(38)46(37-18-6-8-20-39(37)48)31-24-26-44-42(27-31)40-21-9-12-30-13-10-22-45(49-44)47(30)40/h1-28H. The summed E-state index contributed by atoms with van der Waals surface area (Å²) in [6.07, 6.45) is 0. The van der Waals surface area contributed by atoms with Crippen LogP contribution in [0, 0.1) is 0 Å². The van der Waals surface area contributed by atoms with Crippen molar-refractivity contribution in [3.8, 4) is 44.9 Å². The van der Waals surface area contributed by atoms with E-state index in [1.54, 1.807) is 0 Å². The van der Waals surface area contributed by atoms with Gasteiger partial charge in [-0.15, -0.1) is 0 Å². The highest BCUT2D eigenvalue weighted by atomic mass is 16.5. The molecule has 11 rings (SSSR count). The topological polar surface area (TPSA) is 9.23 Å². The molecule has 1 heteroatoms. The number of benzene rings is 10. The summed E-state index contributed by atoms with van der Waals surface area (Å²) < 4.78 is 6.50. The van der Waals surface area contributed by atoms with E-state index in [0.717, 1.165) is 17.1 Å². The Bertz CT molecular complexity index is 2960. The zero-order valence-electron chi connectivity index (χ0n) is 26.6. The van der Waals surface area contributed by atoms with E-state index in [-0.39, 0.29) is 0 Å². The van der Waals surface area contributed by atoms with Gasteiger partial charge in [0.2, 0.25) is 0 Å². The Morgan fingerprint density at radius 2 is 0.878 bits per heavy atom. The lowest BCUT2D eigenvalue weighted by molar-refractivity contribution is 0.487. The maximum absolute atomic E-state index is 6.50. The molecule has 0 atom stereocenters. The van der Waals surface area contributed by atoms with E-state index in [1.807, 2.05) is 0 Å². The molecule has 1 nitrogen and oxygen atoms in total. The minimum Gasteiger partial charge on any atom is -0.456 e. The Morgan fingerprint density at radius 1 is 0.286 bits per heavy atom. The average molecular weight is 621 g/mol. The Labute approximate surface area is 283 Å². The van der Waals surface area contributed by atoms with Crippen LogP contribution in [0.1, 0.15) is 0 Å². The van der Waals surface area contributed by atoms with Crippen LogP contribution >= 0.6 is 0 Å². The second kappa shape index (κ2) is 10.0. The average Bonchev–Trinajstić information content (AvgIpc) is 3.17. The molecular formula is C48H28O. The highest BCUT2D eigenvalue weighted by molar-refractivity contribution is 6.27. The van der Waals surface area contributed by atoms with Gasteiger partial charge in [-0.05, 0) is 111 Å². The largest absolute Gasteiger partial charge is 0.456 e. The molecule has 1 aliphatic rings. The van der Waals surface area contributed by atoms with E-state index in [9.17, 15) is 0 Å². The zero-order valence-corrected chi connectivity index (χ0v) is 26.6. The fourth-order valence-electron chi connectivity index (χ4n) is 8.52. The second-order valence-corrected chi connectivity index (χ2v) is 13.2. The number of rotatable bonds is 2.